The summed E-state index contributed by atoms with van der Waals surface area (Å²) in [6.07, 6.45) is 0. The summed E-state index contributed by atoms with van der Waals surface area (Å²) >= 11 is 0. The summed E-state index contributed by atoms with van der Waals surface area (Å²) in [6.45, 7) is 0. The molecule has 0 unspecified atom stereocenters. The van der Waals surface area contributed by atoms with Gasteiger partial charge in [-0.25, -0.2) is 29.9 Å². The van der Waals surface area contributed by atoms with Gasteiger partial charge in [-0.3, -0.25) is 0 Å². The van der Waals surface area contributed by atoms with Gasteiger partial charge < -0.3 is 4.57 Å². The molecule has 376 valence electrons. The molecule has 0 spiro atoms. The van der Waals surface area contributed by atoms with Crippen LogP contribution in [0, 0.1) is 0 Å². The van der Waals surface area contributed by atoms with Crippen molar-refractivity contribution >= 4 is 50.6 Å². The van der Waals surface area contributed by atoms with Crippen LogP contribution in [-0.4, -0.2) is 42.5 Å². The minimum Gasteiger partial charge on any atom is -0.309 e. The number of hydrogen-bond acceptors (Lipinski definition) is 6. The number of fused-ring (bicyclic) bond motifs is 3. The fourth-order valence-corrected chi connectivity index (χ4v) is 16.1. The summed E-state index contributed by atoms with van der Waals surface area (Å²) in [6, 6.07) is 105. The Hall–Kier alpha value is -10.5. The molecule has 0 aliphatic heterocycles. The van der Waals surface area contributed by atoms with Crippen LogP contribution in [0.25, 0.3) is 107 Å². The van der Waals surface area contributed by atoms with E-state index in [1.54, 1.807) is 0 Å². The van der Waals surface area contributed by atoms with E-state index in [1.165, 1.54) is 20.7 Å². The van der Waals surface area contributed by atoms with Crippen LogP contribution in [0.3, 0.4) is 0 Å². The first-order valence-corrected chi connectivity index (χ1v) is 28.9. The Morgan fingerprint density at radius 3 is 1.05 bits per heavy atom. The van der Waals surface area contributed by atoms with E-state index in [-0.39, 0.29) is 0 Å². The van der Waals surface area contributed by atoms with E-state index in [1.807, 2.05) is 97.1 Å². The summed E-state index contributed by atoms with van der Waals surface area (Å²) in [7, 11) is -2.87. The molecule has 0 saturated heterocycles. The normalized spacial score (nSPS) is 11.5. The Kier molecular flexibility index (Phi) is 12.4. The molecular formula is C72H49N7Si. The third-order valence-electron chi connectivity index (χ3n) is 15.1. The quantitative estimate of drug-likeness (QED) is 0.0896. The van der Waals surface area contributed by atoms with Crippen molar-refractivity contribution in [2.45, 2.75) is 0 Å². The van der Waals surface area contributed by atoms with Crippen LogP contribution >= 0.6 is 0 Å². The topological polar surface area (TPSA) is 82.3 Å². The zero-order valence-electron chi connectivity index (χ0n) is 43.4. The molecule has 3 heterocycles. The SMILES string of the molecule is c1ccc(-c2nc(-c3ccccc3)nc(-c3ccc4c(c3)c3ccccc3n4-c3ccc(-c4cccc([Si](c5ccccc5)(c5ccccc5)c5ccccc5)c4)cc3-c3nc(-c4ccccc4)nc(-c4ccccc4)n3)n2)cc1. The van der Waals surface area contributed by atoms with E-state index in [2.05, 4.69) is 205 Å². The zero-order valence-corrected chi connectivity index (χ0v) is 44.4. The molecule has 14 aromatic rings. The van der Waals surface area contributed by atoms with Gasteiger partial charge in [-0.1, -0.05) is 261 Å². The second-order valence-corrected chi connectivity index (χ2v) is 23.6. The number of aromatic nitrogens is 7. The Morgan fingerprint density at radius 2 is 0.575 bits per heavy atom. The molecule has 0 amide bonds. The molecule has 11 aromatic carbocycles. The van der Waals surface area contributed by atoms with Crippen molar-refractivity contribution in [3.63, 3.8) is 0 Å². The van der Waals surface area contributed by atoms with Crippen LogP contribution < -0.4 is 20.7 Å². The molecule has 7 nitrogen and oxygen atoms in total. The van der Waals surface area contributed by atoms with Crippen molar-refractivity contribution in [1.82, 2.24) is 34.5 Å². The highest BCUT2D eigenvalue weighted by atomic mass is 28.3. The van der Waals surface area contributed by atoms with E-state index in [0.717, 1.165) is 72.0 Å². The lowest BCUT2D eigenvalue weighted by Gasteiger charge is -2.34. The first kappa shape index (κ1) is 47.9. The molecule has 80 heavy (non-hydrogen) atoms. The van der Waals surface area contributed by atoms with Gasteiger partial charge in [0.1, 0.15) is 0 Å². The summed E-state index contributed by atoms with van der Waals surface area (Å²) in [5.74, 6) is 3.55. The van der Waals surface area contributed by atoms with Crippen molar-refractivity contribution < 1.29 is 0 Å². The highest BCUT2D eigenvalue weighted by molar-refractivity contribution is 7.19. The van der Waals surface area contributed by atoms with Gasteiger partial charge in [-0.2, -0.15) is 0 Å². The van der Waals surface area contributed by atoms with Gasteiger partial charge in [0.2, 0.25) is 0 Å². The van der Waals surface area contributed by atoms with Gasteiger partial charge in [0, 0.05) is 44.2 Å². The summed E-state index contributed by atoms with van der Waals surface area (Å²) in [4.78, 5) is 31.2. The monoisotopic (exact) mass is 1040 g/mol. The average Bonchev–Trinajstić information content (AvgIpc) is 4.08. The molecular weight excluding hydrogens is 991 g/mol. The van der Waals surface area contributed by atoms with E-state index < -0.39 is 8.07 Å². The van der Waals surface area contributed by atoms with Gasteiger partial charge in [0.05, 0.1) is 16.7 Å². The van der Waals surface area contributed by atoms with Crippen LogP contribution in [0.5, 0.6) is 0 Å². The third-order valence-corrected chi connectivity index (χ3v) is 19.8. The van der Waals surface area contributed by atoms with Crippen LogP contribution in [0.1, 0.15) is 0 Å². The van der Waals surface area contributed by atoms with E-state index >= 15 is 0 Å². The molecule has 0 fully saturated rings. The molecule has 0 N–H and O–H groups in total. The molecule has 3 aromatic heterocycles. The Balaban J connectivity index is 1.00. The molecule has 14 rings (SSSR count). The summed E-state index contributed by atoms with van der Waals surface area (Å²) < 4.78 is 2.36. The van der Waals surface area contributed by atoms with Gasteiger partial charge in [-0.15, -0.1) is 0 Å². The molecule has 8 heteroatoms. The number of hydrogen-bond donors (Lipinski definition) is 0. The largest absolute Gasteiger partial charge is 0.309 e. The van der Waals surface area contributed by atoms with Crippen molar-refractivity contribution in [2.24, 2.45) is 0 Å². The number of nitrogens with zero attached hydrogens (tertiary/aromatic N) is 7. The Morgan fingerprint density at radius 1 is 0.225 bits per heavy atom. The zero-order chi connectivity index (χ0) is 53.2. The molecule has 0 aliphatic carbocycles. The lowest BCUT2D eigenvalue weighted by molar-refractivity contribution is 1.06. The maximum Gasteiger partial charge on any atom is 0.179 e. The van der Waals surface area contributed by atoms with Gasteiger partial charge in [0.15, 0.2) is 43.0 Å². The molecule has 0 atom stereocenters. The number of para-hydroxylation sites is 1. The van der Waals surface area contributed by atoms with Crippen molar-refractivity contribution in [3.8, 4) is 85.1 Å². The second-order valence-electron chi connectivity index (χ2n) is 19.8. The smallest absolute Gasteiger partial charge is 0.179 e. The maximum atomic E-state index is 5.41. The molecule has 0 radical (unpaired) electrons. The Labute approximate surface area is 465 Å². The van der Waals surface area contributed by atoms with Crippen molar-refractivity contribution in [2.75, 3.05) is 0 Å². The average molecular weight is 1040 g/mol. The minimum absolute atomic E-state index is 0.557. The van der Waals surface area contributed by atoms with Crippen LogP contribution in [-0.2, 0) is 0 Å². The fraction of sp³-hybridized carbons (Fsp3) is 0. The third kappa shape index (κ3) is 8.76. The maximum absolute atomic E-state index is 5.41. The first-order valence-electron chi connectivity index (χ1n) is 26.9. The standard InChI is InChI=1S/C72H49N7Si/c1-8-25-50(26-9-1)67-73-68(51-27-10-2-11-28-51)76-71(75-67)56-44-46-65-62(49-56)61-41-22-23-42-64(61)79(65)66-45-43-55(48-63(66)72-77-69(52-29-12-3-13-30-52)74-70(78-72)53-31-14-4-15-32-53)54-33-24-40-60(47-54)80(57-34-16-5-17-35-57,58-36-18-6-19-37-58)59-38-20-7-21-39-59/h1-49H. The molecule has 0 aliphatic rings. The van der Waals surface area contributed by atoms with Gasteiger partial charge >= 0.3 is 0 Å². The first-order chi connectivity index (χ1) is 39.7. The van der Waals surface area contributed by atoms with Crippen molar-refractivity contribution in [3.05, 3.63) is 297 Å². The minimum atomic E-state index is -2.87. The molecule has 0 bridgehead atoms. The summed E-state index contributed by atoms with van der Waals surface area (Å²) in [5, 5.41) is 7.37. The number of rotatable bonds is 12. The van der Waals surface area contributed by atoms with Gasteiger partial charge in [0.25, 0.3) is 0 Å². The second kappa shape index (κ2) is 20.8. The fourth-order valence-electron chi connectivity index (χ4n) is 11.3. The highest BCUT2D eigenvalue weighted by Gasteiger charge is 2.41. The van der Waals surface area contributed by atoms with Gasteiger partial charge in [-0.05, 0) is 68.3 Å². The lowest BCUT2D eigenvalue weighted by Crippen LogP contribution is -2.74. The van der Waals surface area contributed by atoms with Crippen LogP contribution in [0.15, 0.2) is 297 Å². The van der Waals surface area contributed by atoms with E-state index in [4.69, 9.17) is 29.9 Å². The van der Waals surface area contributed by atoms with Crippen LogP contribution in [0.2, 0.25) is 0 Å². The summed E-state index contributed by atoms with van der Waals surface area (Å²) in [5.41, 5.74) is 10.5. The Bertz CT molecular complexity index is 4290. The number of benzene rings is 11. The van der Waals surface area contributed by atoms with E-state index in [9.17, 15) is 0 Å². The predicted molar refractivity (Wildman–Crippen MR) is 329 cm³/mol. The predicted octanol–water partition coefficient (Wildman–Crippen LogP) is 14.2. The van der Waals surface area contributed by atoms with Crippen molar-refractivity contribution in [1.29, 1.82) is 0 Å². The lowest BCUT2D eigenvalue weighted by atomic mass is 10.0. The van der Waals surface area contributed by atoms with E-state index in [0.29, 0.717) is 34.9 Å². The van der Waals surface area contributed by atoms with Crippen LogP contribution in [0.4, 0.5) is 0 Å². The molecule has 0 saturated carbocycles. The highest BCUT2D eigenvalue weighted by Crippen LogP contribution is 2.40.